The molecular formula is C15H26IN5. The molecule has 0 aliphatic heterocycles. The van der Waals surface area contributed by atoms with Gasteiger partial charge in [-0.05, 0) is 32.4 Å². The average molecular weight is 403 g/mol. The number of hydrogen-bond acceptors (Lipinski definition) is 3. The first kappa shape index (κ1) is 19.7. The zero-order chi connectivity index (χ0) is 15.0. The van der Waals surface area contributed by atoms with E-state index in [0.29, 0.717) is 19.0 Å². The molecule has 0 bridgehead atoms. The molecule has 0 aromatic carbocycles. The number of aromatic nitrogens is 1. The summed E-state index contributed by atoms with van der Waals surface area (Å²) >= 11 is 0. The van der Waals surface area contributed by atoms with Gasteiger partial charge in [-0.2, -0.15) is 0 Å². The minimum atomic E-state index is 0. The van der Waals surface area contributed by atoms with Crippen LogP contribution >= 0.6 is 24.0 Å². The van der Waals surface area contributed by atoms with E-state index < -0.39 is 0 Å². The Labute approximate surface area is 144 Å². The number of nitrogens with two attached hydrogens (primary N) is 1. The summed E-state index contributed by atoms with van der Waals surface area (Å²) in [6.45, 7) is 13.1. The number of pyridine rings is 1. The molecule has 0 unspecified atom stereocenters. The monoisotopic (exact) mass is 403 g/mol. The first-order chi connectivity index (χ1) is 9.56. The summed E-state index contributed by atoms with van der Waals surface area (Å²) in [6, 6.07) is 4.06. The summed E-state index contributed by atoms with van der Waals surface area (Å²) in [4.78, 5) is 10.9. The molecule has 1 rings (SSSR count). The quantitative estimate of drug-likeness (QED) is 0.318. The molecule has 1 heterocycles. The lowest BCUT2D eigenvalue weighted by Gasteiger charge is -2.19. The number of nitrogens with one attached hydrogen (secondary N) is 1. The number of halogens is 1. The third-order valence-corrected chi connectivity index (χ3v) is 2.90. The largest absolute Gasteiger partial charge is 0.370 e. The third-order valence-electron chi connectivity index (χ3n) is 2.90. The standard InChI is InChI=1S/C15H25N5.HI/c1-5-20(6-2)14-8-7-13(10-17-14)11-19-15(16)18-9-12(3)4;/h7-8,10H,3,5-6,9,11H2,1-2,4H3,(H3,16,18,19);1H. The van der Waals surface area contributed by atoms with Crippen molar-refractivity contribution in [3.05, 3.63) is 36.0 Å². The Morgan fingerprint density at radius 3 is 2.52 bits per heavy atom. The molecule has 0 radical (unpaired) electrons. The SMILES string of the molecule is C=C(C)CNC(N)=NCc1ccc(N(CC)CC)nc1.I. The minimum Gasteiger partial charge on any atom is -0.370 e. The highest BCUT2D eigenvalue weighted by molar-refractivity contribution is 14.0. The molecule has 0 saturated heterocycles. The zero-order valence-electron chi connectivity index (χ0n) is 13.1. The highest BCUT2D eigenvalue weighted by Gasteiger charge is 2.02. The second kappa shape index (κ2) is 10.4. The molecular weight excluding hydrogens is 377 g/mol. The van der Waals surface area contributed by atoms with E-state index >= 15 is 0 Å². The van der Waals surface area contributed by atoms with Crippen molar-refractivity contribution in [1.82, 2.24) is 10.3 Å². The number of hydrogen-bond donors (Lipinski definition) is 2. The Bertz CT molecular complexity index is 452. The molecule has 0 aliphatic rings. The molecule has 1 aromatic heterocycles. The smallest absolute Gasteiger partial charge is 0.189 e. The molecule has 0 atom stereocenters. The van der Waals surface area contributed by atoms with Crippen molar-refractivity contribution in [2.75, 3.05) is 24.5 Å². The van der Waals surface area contributed by atoms with Gasteiger partial charge >= 0.3 is 0 Å². The second-order valence-electron chi connectivity index (χ2n) is 4.71. The summed E-state index contributed by atoms with van der Waals surface area (Å²) in [6.07, 6.45) is 1.85. The van der Waals surface area contributed by atoms with E-state index in [1.165, 1.54) is 0 Å². The third kappa shape index (κ3) is 7.31. The van der Waals surface area contributed by atoms with Crippen LogP contribution in [0.25, 0.3) is 0 Å². The van der Waals surface area contributed by atoms with Crippen LogP contribution in [0.3, 0.4) is 0 Å². The molecule has 5 nitrogen and oxygen atoms in total. The molecule has 0 amide bonds. The maximum Gasteiger partial charge on any atom is 0.189 e. The molecule has 0 fully saturated rings. The summed E-state index contributed by atoms with van der Waals surface area (Å²) in [7, 11) is 0. The van der Waals surface area contributed by atoms with Gasteiger partial charge in [0.15, 0.2) is 5.96 Å². The predicted molar refractivity (Wildman–Crippen MR) is 101 cm³/mol. The fourth-order valence-corrected chi connectivity index (χ4v) is 1.72. The predicted octanol–water partition coefficient (Wildman–Crippen LogP) is 2.53. The van der Waals surface area contributed by atoms with Crippen LogP contribution in [0, 0.1) is 0 Å². The molecule has 21 heavy (non-hydrogen) atoms. The molecule has 0 spiro atoms. The Balaban J connectivity index is 0.00000400. The van der Waals surface area contributed by atoms with Crippen LogP contribution in [0.1, 0.15) is 26.3 Å². The van der Waals surface area contributed by atoms with Crippen molar-refractivity contribution >= 4 is 35.8 Å². The van der Waals surface area contributed by atoms with Gasteiger partial charge in [-0.1, -0.05) is 18.2 Å². The van der Waals surface area contributed by atoms with Crippen molar-refractivity contribution in [2.45, 2.75) is 27.3 Å². The maximum atomic E-state index is 5.76. The summed E-state index contributed by atoms with van der Waals surface area (Å²) in [5, 5.41) is 3.00. The number of guanidine groups is 1. The van der Waals surface area contributed by atoms with Gasteiger partial charge in [0.2, 0.25) is 0 Å². The zero-order valence-corrected chi connectivity index (χ0v) is 15.4. The molecule has 6 heteroatoms. The highest BCUT2D eigenvalue weighted by atomic mass is 127. The number of anilines is 1. The van der Waals surface area contributed by atoms with Gasteiger partial charge in [-0.15, -0.1) is 24.0 Å². The fraction of sp³-hybridized carbons (Fsp3) is 0.467. The van der Waals surface area contributed by atoms with Crippen molar-refractivity contribution in [3.63, 3.8) is 0 Å². The summed E-state index contributed by atoms with van der Waals surface area (Å²) in [5.41, 5.74) is 7.82. The van der Waals surface area contributed by atoms with Crippen LogP contribution < -0.4 is 16.0 Å². The fourth-order valence-electron chi connectivity index (χ4n) is 1.72. The maximum absolute atomic E-state index is 5.76. The van der Waals surface area contributed by atoms with Gasteiger partial charge in [0.25, 0.3) is 0 Å². The van der Waals surface area contributed by atoms with Crippen molar-refractivity contribution in [1.29, 1.82) is 0 Å². The Morgan fingerprint density at radius 2 is 2.05 bits per heavy atom. The van der Waals surface area contributed by atoms with E-state index in [0.717, 1.165) is 30.0 Å². The van der Waals surface area contributed by atoms with Crippen LogP contribution in [0.4, 0.5) is 5.82 Å². The van der Waals surface area contributed by atoms with Crippen LogP contribution in [-0.4, -0.2) is 30.6 Å². The Kier molecular flexibility index (Phi) is 9.77. The van der Waals surface area contributed by atoms with E-state index in [1.807, 2.05) is 25.3 Å². The average Bonchev–Trinajstić information content (AvgIpc) is 2.45. The number of rotatable bonds is 7. The van der Waals surface area contributed by atoms with E-state index in [2.05, 4.69) is 40.6 Å². The first-order valence-electron chi connectivity index (χ1n) is 6.94. The lowest BCUT2D eigenvalue weighted by Crippen LogP contribution is -2.32. The Morgan fingerprint density at radius 1 is 1.38 bits per heavy atom. The van der Waals surface area contributed by atoms with Crippen molar-refractivity contribution in [3.8, 4) is 0 Å². The van der Waals surface area contributed by atoms with E-state index in [9.17, 15) is 0 Å². The van der Waals surface area contributed by atoms with Gasteiger partial charge in [0.05, 0.1) is 6.54 Å². The van der Waals surface area contributed by atoms with E-state index in [-0.39, 0.29) is 24.0 Å². The number of nitrogens with zero attached hydrogens (tertiary/aromatic N) is 3. The van der Waals surface area contributed by atoms with E-state index in [4.69, 9.17) is 5.73 Å². The van der Waals surface area contributed by atoms with Crippen LogP contribution in [0.2, 0.25) is 0 Å². The molecule has 118 valence electrons. The Hall–Kier alpha value is -1.31. The minimum absolute atomic E-state index is 0. The van der Waals surface area contributed by atoms with Crippen LogP contribution in [0.15, 0.2) is 35.5 Å². The molecule has 0 saturated carbocycles. The van der Waals surface area contributed by atoms with E-state index in [1.54, 1.807) is 0 Å². The lowest BCUT2D eigenvalue weighted by molar-refractivity contribution is 0.843. The highest BCUT2D eigenvalue weighted by Crippen LogP contribution is 2.11. The molecule has 0 aliphatic carbocycles. The molecule has 3 N–H and O–H groups in total. The topological polar surface area (TPSA) is 66.5 Å². The van der Waals surface area contributed by atoms with Gasteiger partial charge < -0.3 is 16.0 Å². The number of aliphatic imine (C=N–C) groups is 1. The second-order valence-corrected chi connectivity index (χ2v) is 4.71. The van der Waals surface area contributed by atoms with Gasteiger partial charge in [-0.25, -0.2) is 9.98 Å². The van der Waals surface area contributed by atoms with Gasteiger partial charge in [-0.3, -0.25) is 0 Å². The van der Waals surface area contributed by atoms with Crippen molar-refractivity contribution < 1.29 is 0 Å². The normalized spacial score (nSPS) is 10.7. The lowest BCUT2D eigenvalue weighted by atomic mass is 10.3. The summed E-state index contributed by atoms with van der Waals surface area (Å²) < 4.78 is 0. The molecule has 1 aromatic rings. The van der Waals surface area contributed by atoms with Gasteiger partial charge in [0.1, 0.15) is 5.82 Å². The van der Waals surface area contributed by atoms with Gasteiger partial charge in [0, 0.05) is 25.8 Å². The first-order valence-corrected chi connectivity index (χ1v) is 6.94. The van der Waals surface area contributed by atoms with Crippen LogP contribution in [-0.2, 0) is 6.54 Å². The van der Waals surface area contributed by atoms with Crippen molar-refractivity contribution in [2.24, 2.45) is 10.7 Å². The van der Waals surface area contributed by atoms with Crippen LogP contribution in [0.5, 0.6) is 0 Å². The summed E-state index contributed by atoms with van der Waals surface area (Å²) in [5.74, 6) is 1.43.